The number of hydrogen-bond donors (Lipinski definition) is 3. The Morgan fingerprint density at radius 1 is 1.04 bits per heavy atom. The normalized spacial score (nSPS) is 10.4. The number of aryl methyl sites for hydroxylation is 1. The van der Waals surface area contributed by atoms with Gasteiger partial charge in [0.15, 0.2) is 0 Å². The molecule has 0 atom stereocenters. The van der Waals surface area contributed by atoms with E-state index in [9.17, 15) is 19.2 Å². The number of aromatic nitrogens is 2. The molecule has 0 bridgehead atoms. The van der Waals surface area contributed by atoms with Gasteiger partial charge in [-0.25, -0.2) is 4.68 Å². The fraction of sp³-hybridized carbons (Fsp3) is 0.333. The molecule has 0 saturated carbocycles. The number of carbonyl (C=O) groups is 2. The number of aromatic amines is 1. The average molecular weight is 358 g/mol. The summed E-state index contributed by atoms with van der Waals surface area (Å²) in [7, 11) is 0. The molecule has 8 heteroatoms. The summed E-state index contributed by atoms with van der Waals surface area (Å²) in [5.74, 6) is -0.626. The van der Waals surface area contributed by atoms with Crippen LogP contribution in [-0.4, -0.2) is 21.6 Å². The van der Waals surface area contributed by atoms with Crippen LogP contribution in [0.15, 0.2) is 39.9 Å². The highest BCUT2D eigenvalue weighted by atomic mass is 16.2. The minimum absolute atomic E-state index is 0.130. The number of hydrogen-bond acceptors (Lipinski definition) is 4. The van der Waals surface area contributed by atoms with E-state index in [0.29, 0.717) is 17.8 Å². The van der Waals surface area contributed by atoms with E-state index in [1.54, 1.807) is 12.1 Å². The van der Waals surface area contributed by atoms with Crippen LogP contribution in [0.3, 0.4) is 0 Å². The molecular formula is C18H22N4O4. The first kappa shape index (κ1) is 19.2. The predicted octanol–water partition coefficient (Wildman–Crippen LogP) is 1.61. The Labute approximate surface area is 150 Å². The van der Waals surface area contributed by atoms with Gasteiger partial charge in [-0.3, -0.25) is 24.3 Å². The number of benzene rings is 1. The first-order chi connectivity index (χ1) is 12.4. The van der Waals surface area contributed by atoms with Gasteiger partial charge in [0.25, 0.3) is 11.1 Å². The lowest BCUT2D eigenvalue weighted by molar-refractivity contribution is -0.117. The van der Waals surface area contributed by atoms with Crippen molar-refractivity contribution in [2.24, 2.45) is 0 Å². The van der Waals surface area contributed by atoms with Gasteiger partial charge in [0, 0.05) is 18.6 Å². The SMILES string of the molecule is CCCCC(=O)Nc1ccc(C)cc1NC(=O)Cn1[nH]c(=O)ccc1=O. The van der Waals surface area contributed by atoms with E-state index >= 15 is 0 Å². The molecule has 0 fully saturated rings. The van der Waals surface area contributed by atoms with Crippen molar-refractivity contribution in [1.82, 2.24) is 9.78 Å². The molecule has 2 aromatic rings. The number of nitrogens with one attached hydrogen (secondary N) is 3. The lowest BCUT2D eigenvalue weighted by Crippen LogP contribution is -2.33. The summed E-state index contributed by atoms with van der Waals surface area (Å²) in [5, 5.41) is 7.75. The summed E-state index contributed by atoms with van der Waals surface area (Å²) in [6.07, 6.45) is 2.09. The Bertz CT molecular complexity index is 914. The first-order valence-corrected chi connectivity index (χ1v) is 8.39. The zero-order chi connectivity index (χ0) is 19.1. The van der Waals surface area contributed by atoms with E-state index in [1.807, 2.05) is 19.9 Å². The molecule has 0 spiro atoms. The second-order valence-corrected chi connectivity index (χ2v) is 5.98. The lowest BCUT2D eigenvalue weighted by Gasteiger charge is -2.13. The van der Waals surface area contributed by atoms with Crippen molar-refractivity contribution in [1.29, 1.82) is 0 Å². The molecule has 0 radical (unpaired) electrons. The smallest absolute Gasteiger partial charge is 0.265 e. The number of carbonyl (C=O) groups excluding carboxylic acids is 2. The highest BCUT2D eigenvalue weighted by Crippen LogP contribution is 2.23. The largest absolute Gasteiger partial charge is 0.324 e. The van der Waals surface area contributed by atoms with E-state index in [4.69, 9.17) is 0 Å². The minimum atomic E-state index is -0.497. The van der Waals surface area contributed by atoms with Gasteiger partial charge in [-0.15, -0.1) is 0 Å². The quantitative estimate of drug-likeness (QED) is 0.698. The maximum absolute atomic E-state index is 12.3. The van der Waals surface area contributed by atoms with Crippen LogP contribution >= 0.6 is 0 Å². The molecule has 0 aliphatic rings. The average Bonchev–Trinajstić information content (AvgIpc) is 2.58. The van der Waals surface area contributed by atoms with Crippen molar-refractivity contribution in [3.8, 4) is 0 Å². The molecule has 0 aliphatic carbocycles. The summed E-state index contributed by atoms with van der Waals surface area (Å²) in [6, 6.07) is 7.46. The van der Waals surface area contributed by atoms with Crippen LogP contribution in [0.25, 0.3) is 0 Å². The van der Waals surface area contributed by atoms with Crippen LogP contribution in [0.4, 0.5) is 11.4 Å². The van der Waals surface area contributed by atoms with Crippen molar-refractivity contribution in [2.75, 3.05) is 10.6 Å². The molecule has 1 aromatic carbocycles. The fourth-order valence-electron chi connectivity index (χ4n) is 2.33. The van der Waals surface area contributed by atoms with E-state index in [0.717, 1.165) is 35.2 Å². The molecule has 0 aliphatic heterocycles. The van der Waals surface area contributed by atoms with Crippen LogP contribution in [-0.2, 0) is 16.1 Å². The standard InChI is InChI=1S/C18H22N4O4/c1-3-4-5-15(23)19-13-7-6-12(2)10-14(13)20-17(25)11-22-18(26)9-8-16(24)21-22/h6-10H,3-5,11H2,1-2H3,(H,19,23)(H,20,25)(H,21,24). The number of amides is 2. The van der Waals surface area contributed by atoms with Gasteiger partial charge in [-0.1, -0.05) is 19.4 Å². The summed E-state index contributed by atoms with van der Waals surface area (Å²) >= 11 is 0. The highest BCUT2D eigenvalue weighted by molar-refractivity contribution is 5.99. The van der Waals surface area contributed by atoms with Crippen LogP contribution in [0, 0.1) is 6.92 Å². The van der Waals surface area contributed by atoms with Gasteiger partial charge < -0.3 is 10.6 Å². The summed E-state index contributed by atoms with van der Waals surface area (Å²) < 4.78 is 0.924. The summed E-state index contributed by atoms with van der Waals surface area (Å²) in [6.45, 7) is 3.52. The van der Waals surface area contributed by atoms with Crippen molar-refractivity contribution < 1.29 is 9.59 Å². The molecule has 8 nitrogen and oxygen atoms in total. The molecule has 0 unspecified atom stereocenters. The van der Waals surface area contributed by atoms with Gasteiger partial charge >= 0.3 is 0 Å². The Hall–Kier alpha value is -3.16. The predicted molar refractivity (Wildman–Crippen MR) is 99.3 cm³/mol. The van der Waals surface area contributed by atoms with Crippen LogP contribution < -0.4 is 21.8 Å². The van der Waals surface area contributed by atoms with Crippen molar-refractivity contribution in [2.45, 2.75) is 39.7 Å². The number of rotatable bonds is 7. The molecule has 2 amide bonds. The molecule has 1 heterocycles. The van der Waals surface area contributed by atoms with Crippen LogP contribution in [0.1, 0.15) is 31.7 Å². The third-order valence-corrected chi connectivity index (χ3v) is 3.67. The van der Waals surface area contributed by atoms with Crippen molar-refractivity contribution in [3.63, 3.8) is 0 Å². The lowest BCUT2D eigenvalue weighted by atomic mass is 10.1. The maximum Gasteiger partial charge on any atom is 0.265 e. The number of anilines is 2. The Morgan fingerprint density at radius 3 is 2.50 bits per heavy atom. The van der Waals surface area contributed by atoms with Gasteiger partial charge in [-0.2, -0.15) is 0 Å². The number of nitrogens with zero attached hydrogens (tertiary/aromatic N) is 1. The number of H-pyrrole nitrogens is 1. The van der Waals surface area contributed by atoms with Crippen molar-refractivity contribution in [3.05, 3.63) is 56.6 Å². The topological polar surface area (TPSA) is 113 Å². The third kappa shape index (κ3) is 5.44. The Kier molecular flexibility index (Phi) is 6.48. The van der Waals surface area contributed by atoms with Crippen LogP contribution in [0.2, 0.25) is 0 Å². The third-order valence-electron chi connectivity index (χ3n) is 3.67. The van der Waals surface area contributed by atoms with Gasteiger partial charge in [0.2, 0.25) is 11.8 Å². The Balaban J connectivity index is 2.14. The van der Waals surface area contributed by atoms with E-state index in [1.165, 1.54) is 0 Å². The highest BCUT2D eigenvalue weighted by Gasteiger charge is 2.11. The molecule has 26 heavy (non-hydrogen) atoms. The zero-order valence-corrected chi connectivity index (χ0v) is 14.8. The second kappa shape index (κ2) is 8.80. The molecule has 0 saturated heterocycles. The first-order valence-electron chi connectivity index (χ1n) is 8.39. The van der Waals surface area contributed by atoms with E-state index in [2.05, 4.69) is 15.7 Å². The summed E-state index contributed by atoms with van der Waals surface area (Å²) in [4.78, 5) is 47.2. The maximum atomic E-state index is 12.3. The zero-order valence-electron chi connectivity index (χ0n) is 14.8. The van der Waals surface area contributed by atoms with E-state index in [-0.39, 0.29) is 12.5 Å². The van der Waals surface area contributed by atoms with Gasteiger partial charge in [-0.05, 0) is 31.0 Å². The van der Waals surface area contributed by atoms with Crippen LogP contribution in [0.5, 0.6) is 0 Å². The molecule has 2 rings (SSSR count). The molecule has 138 valence electrons. The minimum Gasteiger partial charge on any atom is -0.324 e. The molecular weight excluding hydrogens is 336 g/mol. The summed E-state index contributed by atoms with van der Waals surface area (Å²) in [5.41, 5.74) is 0.858. The number of unbranched alkanes of at least 4 members (excludes halogenated alkanes) is 1. The van der Waals surface area contributed by atoms with Gasteiger partial charge in [0.05, 0.1) is 11.4 Å². The Morgan fingerprint density at radius 2 is 1.77 bits per heavy atom. The van der Waals surface area contributed by atoms with E-state index < -0.39 is 17.0 Å². The molecule has 3 N–H and O–H groups in total. The monoisotopic (exact) mass is 358 g/mol. The van der Waals surface area contributed by atoms with Crippen molar-refractivity contribution >= 4 is 23.2 Å². The fourth-order valence-corrected chi connectivity index (χ4v) is 2.33. The van der Waals surface area contributed by atoms with Gasteiger partial charge in [0.1, 0.15) is 6.54 Å². The second-order valence-electron chi connectivity index (χ2n) is 5.98. The molecule has 1 aromatic heterocycles.